The molecule has 0 spiro atoms. The van der Waals surface area contributed by atoms with Crippen LogP contribution in [0.2, 0.25) is 0 Å². The first-order chi connectivity index (χ1) is 17.2. The van der Waals surface area contributed by atoms with E-state index in [1.165, 1.54) is 22.0 Å². The van der Waals surface area contributed by atoms with E-state index in [0.29, 0.717) is 0 Å². The van der Waals surface area contributed by atoms with Crippen molar-refractivity contribution in [2.75, 3.05) is 20.1 Å². The summed E-state index contributed by atoms with van der Waals surface area (Å²) in [5, 5.41) is 15.6. The number of nitrogens with zero attached hydrogens (tertiary/aromatic N) is 4. The van der Waals surface area contributed by atoms with E-state index in [2.05, 4.69) is 5.32 Å². The molecule has 2 aliphatic rings. The third-order valence-corrected chi connectivity index (χ3v) is 6.94. The summed E-state index contributed by atoms with van der Waals surface area (Å²) in [6.07, 6.45) is 0.312. The lowest BCUT2D eigenvalue weighted by molar-refractivity contribution is -0.188. The Morgan fingerprint density at radius 3 is 2.39 bits per heavy atom. The van der Waals surface area contributed by atoms with E-state index >= 15 is 0 Å². The highest BCUT2D eigenvalue weighted by Crippen LogP contribution is 2.29. The molecule has 4 rings (SSSR count). The van der Waals surface area contributed by atoms with Gasteiger partial charge >= 0.3 is 6.03 Å². The molecule has 2 aromatic rings. The molecular formula is C26H32FN5O4. The van der Waals surface area contributed by atoms with Crippen LogP contribution < -0.4 is 5.32 Å². The van der Waals surface area contributed by atoms with Crippen LogP contribution in [0.4, 0.5) is 9.18 Å². The molecule has 2 saturated heterocycles. The van der Waals surface area contributed by atoms with Crippen molar-refractivity contribution in [3.63, 3.8) is 0 Å². The number of hydrazine groups is 1. The molecule has 2 fully saturated rings. The second-order valence-corrected chi connectivity index (χ2v) is 9.36. The van der Waals surface area contributed by atoms with Gasteiger partial charge < -0.3 is 20.2 Å². The molecule has 2 N–H and O–H groups in total. The molecule has 3 atom stereocenters. The second kappa shape index (κ2) is 10.5. The van der Waals surface area contributed by atoms with Crippen LogP contribution in [-0.4, -0.2) is 81.2 Å². The smallest absolute Gasteiger partial charge is 0.334 e. The van der Waals surface area contributed by atoms with Crippen molar-refractivity contribution in [3.8, 4) is 5.75 Å². The van der Waals surface area contributed by atoms with Gasteiger partial charge in [-0.25, -0.2) is 19.2 Å². The molecule has 10 heteroatoms. The number of carbonyl (C=O) groups is 3. The maximum atomic E-state index is 13.6. The van der Waals surface area contributed by atoms with Gasteiger partial charge in [0.2, 0.25) is 11.8 Å². The molecule has 2 aliphatic heterocycles. The number of amides is 4. The fourth-order valence-electron chi connectivity index (χ4n) is 4.80. The zero-order valence-corrected chi connectivity index (χ0v) is 20.7. The van der Waals surface area contributed by atoms with E-state index in [1.807, 2.05) is 13.8 Å². The van der Waals surface area contributed by atoms with Gasteiger partial charge in [0.05, 0.1) is 13.1 Å². The van der Waals surface area contributed by atoms with Crippen LogP contribution in [0.25, 0.3) is 0 Å². The fraction of sp³-hybridized carbons (Fsp3) is 0.423. The summed E-state index contributed by atoms with van der Waals surface area (Å²) in [7, 11) is 1.67. The first-order valence-corrected chi connectivity index (χ1v) is 12.1. The minimum Gasteiger partial charge on any atom is -0.508 e. The maximum Gasteiger partial charge on any atom is 0.334 e. The fourth-order valence-corrected chi connectivity index (χ4v) is 4.80. The highest BCUT2D eigenvalue weighted by molar-refractivity contribution is 5.91. The lowest BCUT2D eigenvalue weighted by Crippen LogP contribution is -2.76. The number of hydrogen-bond acceptors (Lipinski definition) is 5. The quantitative estimate of drug-likeness (QED) is 0.639. The van der Waals surface area contributed by atoms with E-state index < -0.39 is 18.2 Å². The van der Waals surface area contributed by atoms with E-state index in [-0.39, 0.29) is 55.5 Å². The molecule has 9 nitrogen and oxygen atoms in total. The number of hydrogen-bond donors (Lipinski definition) is 2. The first-order valence-electron chi connectivity index (χ1n) is 12.1. The maximum absolute atomic E-state index is 13.6. The Morgan fingerprint density at radius 1 is 1.11 bits per heavy atom. The van der Waals surface area contributed by atoms with E-state index in [0.717, 1.165) is 17.5 Å². The van der Waals surface area contributed by atoms with Gasteiger partial charge in [-0.1, -0.05) is 31.2 Å². The van der Waals surface area contributed by atoms with Crippen LogP contribution in [0.5, 0.6) is 5.75 Å². The van der Waals surface area contributed by atoms with Gasteiger partial charge in [-0.3, -0.25) is 9.59 Å². The van der Waals surface area contributed by atoms with Crippen molar-refractivity contribution >= 4 is 17.8 Å². The number of likely N-dealkylation sites (N-methyl/N-ethyl adjacent to an activating group) is 1. The van der Waals surface area contributed by atoms with Crippen LogP contribution in [0, 0.1) is 5.82 Å². The zero-order chi connectivity index (χ0) is 26.0. The highest BCUT2D eigenvalue weighted by Gasteiger charge is 2.51. The van der Waals surface area contributed by atoms with Gasteiger partial charge in [0.15, 0.2) is 0 Å². The molecule has 0 radical (unpaired) electrons. The monoisotopic (exact) mass is 497 g/mol. The molecule has 1 unspecified atom stereocenters. The van der Waals surface area contributed by atoms with E-state index in [1.54, 1.807) is 53.4 Å². The number of halogens is 1. The minimum atomic E-state index is -0.782. The van der Waals surface area contributed by atoms with Crippen molar-refractivity contribution in [1.82, 2.24) is 25.1 Å². The predicted octanol–water partition coefficient (Wildman–Crippen LogP) is 2.31. The molecule has 4 amide bonds. The zero-order valence-electron chi connectivity index (χ0n) is 20.7. The minimum absolute atomic E-state index is 0.0524. The van der Waals surface area contributed by atoms with E-state index in [9.17, 15) is 23.9 Å². The number of piperazine rings is 1. The van der Waals surface area contributed by atoms with Gasteiger partial charge in [-0.15, -0.1) is 0 Å². The average Bonchev–Trinajstić information content (AvgIpc) is 2.85. The van der Waals surface area contributed by atoms with Crippen molar-refractivity contribution in [3.05, 3.63) is 65.5 Å². The molecule has 2 aromatic carbocycles. The summed E-state index contributed by atoms with van der Waals surface area (Å²) >= 11 is 0. The van der Waals surface area contributed by atoms with E-state index in [4.69, 9.17) is 0 Å². The molecule has 0 aromatic heterocycles. The summed E-state index contributed by atoms with van der Waals surface area (Å²) in [6, 6.07) is 11.2. The number of benzene rings is 2. The summed E-state index contributed by atoms with van der Waals surface area (Å²) in [5.74, 6) is -0.622. The van der Waals surface area contributed by atoms with Crippen LogP contribution in [0.1, 0.15) is 31.4 Å². The molecular weight excluding hydrogens is 465 g/mol. The number of fused-ring (bicyclic) bond motifs is 1. The average molecular weight is 498 g/mol. The summed E-state index contributed by atoms with van der Waals surface area (Å²) in [4.78, 5) is 43.5. The van der Waals surface area contributed by atoms with Crippen molar-refractivity contribution in [1.29, 1.82) is 0 Å². The summed E-state index contributed by atoms with van der Waals surface area (Å²) in [6.45, 7) is 4.28. The Hall–Kier alpha value is -3.66. The van der Waals surface area contributed by atoms with Gasteiger partial charge in [-0.2, -0.15) is 0 Å². The van der Waals surface area contributed by atoms with Gasteiger partial charge in [0.1, 0.15) is 23.8 Å². The number of carbonyl (C=O) groups excluding carboxylic acids is 3. The van der Waals surface area contributed by atoms with Crippen LogP contribution in [0.3, 0.4) is 0 Å². The lowest BCUT2D eigenvalue weighted by Gasteiger charge is -2.55. The number of urea groups is 1. The molecule has 0 bridgehead atoms. The molecule has 0 saturated carbocycles. The molecule has 2 heterocycles. The van der Waals surface area contributed by atoms with Gasteiger partial charge in [-0.05, 0) is 48.7 Å². The molecule has 36 heavy (non-hydrogen) atoms. The Balaban J connectivity index is 1.62. The lowest BCUT2D eigenvalue weighted by atomic mass is 9.97. The van der Waals surface area contributed by atoms with Crippen LogP contribution >= 0.6 is 0 Å². The number of phenols is 1. The summed E-state index contributed by atoms with van der Waals surface area (Å²) in [5.41, 5.74) is 1.54. The number of nitrogens with one attached hydrogen (secondary N) is 1. The largest absolute Gasteiger partial charge is 0.508 e. The number of aromatic hydroxyl groups is 1. The van der Waals surface area contributed by atoms with Crippen LogP contribution in [0.15, 0.2) is 48.5 Å². The number of phenolic OH excluding ortho intramolecular Hbond substituents is 1. The first kappa shape index (κ1) is 25.4. The third-order valence-electron chi connectivity index (χ3n) is 6.94. The highest BCUT2D eigenvalue weighted by atomic mass is 19.1. The third kappa shape index (κ3) is 5.13. The summed E-state index contributed by atoms with van der Waals surface area (Å²) < 4.78 is 13.2. The van der Waals surface area contributed by atoms with Crippen molar-refractivity contribution in [2.45, 2.75) is 51.5 Å². The Morgan fingerprint density at radius 2 is 1.75 bits per heavy atom. The van der Waals surface area contributed by atoms with Gasteiger partial charge in [0, 0.05) is 26.1 Å². The molecule has 192 valence electrons. The Bertz CT molecular complexity index is 1110. The number of rotatable bonds is 6. The standard InChI is InChI=1S/C26H32FN5O4/c1-4-17(2)30-15-23-31(22(25(30)35)13-18-7-11-21(33)12-8-18)24(34)16-29(3)32(23)26(36)28-14-19-5-9-20(27)10-6-19/h5-12,17,22-23,33H,4,13-16H2,1-3H3,(H,28,36)/t17?,22-,23-/m0/s1. The molecule has 0 aliphatic carbocycles. The normalized spacial score (nSPS) is 21.4. The van der Waals surface area contributed by atoms with Crippen LogP contribution in [-0.2, 0) is 22.6 Å². The van der Waals surface area contributed by atoms with Crippen molar-refractivity contribution in [2.24, 2.45) is 0 Å². The van der Waals surface area contributed by atoms with Crippen molar-refractivity contribution < 1.29 is 23.9 Å². The van der Waals surface area contributed by atoms with Gasteiger partial charge in [0.25, 0.3) is 0 Å². The Labute approximate surface area is 210 Å². The second-order valence-electron chi connectivity index (χ2n) is 9.36. The Kier molecular flexibility index (Phi) is 7.44. The topological polar surface area (TPSA) is 96.4 Å². The predicted molar refractivity (Wildman–Crippen MR) is 131 cm³/mol. The SMILES string of the molecule is CCC(C)N1C[C@H]2N(C(=O)CN(C)N2C(=O)NCc2ccc(F)cc2)[C@@H](Cc2ccc(O)cc2)C1=O.